The molecule has 0 N–H and O–H groups in total. The van der Waals surface area contributed by atoms with Gasteiger partial charge in [-0.25, -0.2) is 4.98 Å². The second-order valence-corrected chi connectivity index (χ2v) is 5.17. The van der Waals surface area contributed by atoms with E-state index in [1.165, 1.54) is 5.56 Å². The van der Waals surface area contributed by atoms with Crippen molar-refractivity contribution in [2.24, 2.45) is 0 Å². The smallest absolute Gasteiger partial charge is 0.215 e. The third-order valence-corrected chi connectivity index (χ3v) is 3.39. The largest absolute Gasteiger partial charge is 0.472 e. The number of halogens is 1. The molecule has 0 aliphatic carbocycles. The molecule has 1 fully saturated rings. The Morgan fingerprint density at radius 1 is 1.21 bits per heavy atom. The monoisotopic (exact) mass is 274 g/mol. The van der Waals surface area contributed by atoms with Gasteiger partial charge in [0.15, 0.2) is 0 Å². The van der Waals surface area contributed by atoms with Crippen LogP contribution >= 0.6 is 11.6 Å². The lowest BCUT2D eigenvalue weighted by Crippen LogP contribution is -2.53. The van der Waals surface area contributed by atoms with E-state index < -0.39 is 0 Å². The molecule has 1 aliphatic heterocycles. The van der Waals surface area contributed by atoms with Crippen LogP contribution in [0.25, 0.3) is 0 Å². The van der Waals surface area contributed by atoms with Gasteiger partial charge < -0.3 is 4.74 Å². The zero-order valence-electron chi connectivity index (χ0n) is 10.5. The van der Waals surface area contributed by atoms with Crippen LogP contribution in [0.3, 0.4) is 0 Å². The van der Waals surface area contributed by atoms with Gasteiger partial charge in [-0.05, 0) is 11.6 Å². The van der Waals surface area contributed by atoms with Crippen molar-refractivity contribution in [1.29, 1.82) is 0 Å². The highest BCUT2D eigenvalue weighted by molar-refractivity contribution is 6.30. The fraction of sp³-hybridized carbons (Fsp3) is 0.267. The molecule has 1 aromatic carbocycles. The van der Waals surface area contributed by atoms with Crippen molar-refractivity contribution in [2.45, 2.75) is 12.6 Å². The van der Waals surface area contributed by atoms with E-state index in [-0.39, 0.29) is 6.10 Å². The number of benzene rings is 1. The summed E-state index contributed by atoms with van der Waals surface area (Å²) in [6.45, 7) is 2.84. The number of hydrogen-bond acceptors (Lipinski definition) is 3. The number of hydrogen-bond donors (Lipinski definition) is 0. The molecule has 1 saturated heterocycles. The third-order valence-electron chi connectivity index (χ3n) is 3.16. The lowest BCUT2D eigenvalue weighted by atomic mass is 10.1. The van der Waals surface area contributed by atoms with Crippen molar-refractivity contribution in [2.75, 3.05) is 13.1 Å². The number of pyridine rings is 1. The Balaban J connectivity index is 1.48. The maximum Gasteiger partial charge on any atom is 0.215 e. The van der Waals surface area contributed by atoms with E-state index in [1.807, 2.05) is 6.07 Å². The molecule has 2 aromatic rings. The fourth-order valence-corrected chi connectivity index (χ4v) is 2.34. The Hall–Kier alpha value is -1.58. The first-order valence-corrected chi connectivity index (χ1v) is 6.72. The predicted molar refractivity (Wildman–Crippen MR) is 75.4 cm³/mol. The topological polar surface area (TPSA) is 25.4 Å². The van der Waals surface area contributed by atoms with Gasteiger partial charge in [0.2, 0.25) is 5.88 Å². The summed E-state index contributed by atoms with van der Waals surface area (Å²) in [6.07, 6.45) is 1.88. The lowest BCUT2D eigenvalue weighted by molar-refractivity contribution is 0.0118. The molecule has 19 heavy (non-hydrogen) atoms. The quantitative estimate of drug-likeness (QED) is 0.857. The van der Waals surface area contributed by atoms with Crippen molar-refractivity contribution in [1.82, 2.24) is 9.88 Å². The van der Waals surface area contributed by atoms with Gasteiger partial charge in [-0.2, -0.15) is 0 Å². The van der Waals surface area contributed by atoms with Crippen LogP contribution in [0.2, 0.25) is 5.02 Å². The number of rotatable bonds is 4. The summed E-state index contributed by atoms with van der Waals surface area (Å²) in [5, 5.41) is 0.658. The zero-order chi connectivity index (χ0) is 13.1. The second kappa shape index (κ2) is 5.59. The Morgan fingerprint density at radius 3 is 2.74 bits per heavy atom. The number of nitrogens with zero attached hydrogens (tertiary/aromatic N) is 2. The normalized spacial score (nSPS) is 16.1. The summed E-state index contributed by atoms with van der Waals surface area (Å²) in [6, 6.07) is 14.0. The molecule has 3 rings (SSSR count). The molecule has 1 aliphatic rings. The average molecular weight is 275 g/mol. The van der Waals surface area contributed by atoms with Crippen LogP contribution in [-0.4, -0.2) is 29.1 Å². The van der Waals surface area contributed by atoms with Gasteiger partial charge in [0.25, 0.3) is 0 Å². The zero-order valence-corrected chi connectivity index (χ0v) is 11.3. The Kier molecular flexibility index (Phi) is 3.67. The molecular formula is C15H15ClN2O. The minimum absolute atomic E-state index is 0.217. The molecule has 0 unspecified atom stereocenters. The van der Waals surface area contributed by atoms with Crippen LogP contribution in [0.15, 0.2) is 48.7 Å². The number of likely N-dealkylation sites (tertiary alicyclic amines) is 1. The molecule has 98 valence electrons. The molecular weight excluding hydrogens is 260 g/mol. The van der Waals surface area contributed by atoms with Crippen LogP contribution < -0.4 is 4.74 Å². The minimum Gasteiger partial charge on any atom is -0.472 e. The highest BCUT2D eigenvalue weighted by Crippen LogP contribution is 2.20. The van der Waals surface area contributed by atoms with Gasteiger partial charge in [0, 0.05) is 36.9 Å². The first-order valence-electron chi connectivity index (χ1n) is 6.34. The first-order chi connectivity index (χ1) is 9.29. The summed E-state index contributed by atoms with van der Waals surface area (Å²) >= 11 is 5.90. The molecule has 0 radical (unpaired) electrons. The summed E-state index contributed by atoms with van der Waals surface area (Å²) in [7, 11) is 0. The Bertz CT molecular complexity index is 541. The number of aromatic nitrogens is 1. The van der Waals surface area contributed by atoms with Crippen molar-refractivity contribution < 1.29 is 4.74 Å². The summed E-state index contributed by atoms with van der Waals surface area (Å²) in [5.41, 5.74) is 1.34. The van der Waals surface area contributed by atoms with Crippen LogP contribution in [0, 0.1) is 0 Å². The Labute approximate surface area is 117 Å². The van der Waals surface area contributed by atoms with Gasteiger partial charge >= 0.3 is 0 Å². The highest BCUT2D eigenvalue weighted by atomic mass is 35.5. The van der Waals surface area contributed by atoms with Crippen molar-refractivity contribution >= 4 is 11.6 Å². The number of ether oxygens (including phenoxy) is 1. The molecule has 0 amide bonds. The highest BCUT2D eigenvalue weighted by Gasteiger charge is 2.28. The Morgan fingerprint density at radius 2 is 2.00 bits per heavy atom. The van der Waals surface area contributed by atoms with Crippen LogP contribution in [0.5, 0.6) is 5.88 Å². The molecule has 0 atom stereocenters. The molecule has 2 heterocycles. The third kappa shape index (κ3) is 3.25. The van der Waals surface area contributed by atoms with Crippen LogP contribution in [0.1, 0.15) is 5.56 Å². The molecule has 0 bridgehead atoms. The van der Waals surface area contributed by atoms with Crippen molar-refractivity contribution in [3.8, 4) is 5.88 Å². The average Bonchev–Trinajstić information content (AvgIpc) is 2.37. The van der Waals surface area contributed by atoms with E-state index in [2.05, 4.69) is 34.1 Å². The standard InChI is InChI=1S/C15H15ClN2O/c16-13-6-7-17-15(8-13)19-14-10-18(11-14)9-12-4-2-1-3-5-12/h1-8,14H,9-11H2. The van der Waals surface area contributed by atoms with E-state index in [1.54, 1.807) is 18.3 Å². The fourth-order valence-electron chi connectivity index (χ4n) is 2.19. The van der Waals surface area contributed by atoms with E-state index in [0.29, 0.717) is 10.9 Å². The molecule has 3 nitrogen and oxygen atoms in total. The van der Waals surface area contributed by atoms with E-state index in [0.717, 1.165) is 19.6 Å². The van der Waals surface area contributed by atoms with Gasteiger partial charge in [-0.1, -0.05) is 41.9 Å². The van der Waals surface area contributed by atoms with Crippen molar-refractivity contribution in [3.05, 3.63) is 59.2 Å². The molecule has 0 spiro atoms. The minimum atomic E-state index is 0.217. The lowest BCUT2D eigenvalue weighted by Gasteiger charge is -2.38. The predicted octanol–water partition coefficient (Wildman–Crippen LogP) is 3.00. The van der Waals surface area contributed by atoms with Crippen molar-refractivity contribution in [3.63, 3.8) is 0 Å². The van der Waals surface area contributed by atoms with E-state index >= 15 is 0 Å². The van der Waals surface area contributed by atoms with Gasteiger partial charge in [-0.15, -0.1) is 0 Å². The van der Waals surface area contributed by atoms with Gasteiger partial charge in [-0.3, -0.25) is 4.90 Å². The summed E-state index contributed by atoms with van der Waals surface area (Å²) in [4.78, 5) is 6.50. The molecule has 0 saturated carbocycles. The van der Waals surface area contributed by atoms with Crippen LogP contribution in [-0.2, 0) is 6.54 Å². The van der Waals surface area contributed by atoms with E-state index in [4.69, 9.17) is 16.3 Å². The SMILES string of the molecule is Clc1ccnc(OC2CN(Cc3ccccc3)C2)c1. The van der Waals surface area contributed by atoms with Gasteiger partial charge in [0.1, 0.15) is 6.10 Å². The maximum absolute atomic E-state index is 5.90. The summed E-state index contributed by atoms with van der Waals surface area (Å²) < 4.78 is 5.76. The van der Waals surface area contributed by atoms with Gasteiger partial charge in [0.05, 0.1) is 0 Å². The van der Waals surface area contributed by atoms with Crippen LogP contribution in [0.4, 0.5) is 0 Å². The molecule has 4 heteroatoms. The summed E-state index contributed by atoms with van der Waals surface area (Å²) in [5.74, 6) is 0.608. The van der Waals surface area contributed by atoms with E-state index in [9.17, 15) is 0 Å². The second-order valence-electron chi connectivity index (χ2n) is 4.73. The first kappa shape index (κ1) is 12.5. The maximum atomic E-state index is 5.90. The molecule has 1 aromatic heterocycles.